The zero-order valence-electron chi connectivity index (χ0n) is 9.74. The van der Waals surface area contributed by atoms with Crippen LogP contribution in [-0.2, 0) is 11.2 Å². The van der Waals surface area contributed by atoms with Crippen LogP contribution in [0.15, 0.2) is 28.1 Å². The third kappa shape index (κ3) is 3.30. The first-order valence-electron chi connectivity index (χ1n) is 5.30. The summed E-state index contributed by atoms with van der Waals surface area (Å²) in [6.45, 7) is 1.95. The molecule has 18 heavy (non-hydrogen) atoms. The van der Waals surface area contributed by atoms with Gasteiger partial charge in [0.25, 0.3) is 0 Å². The average Bonchev–Trinajstić information content (AvgIpc) is 2.69. The van der Waals surface area contributed by atoms with Crippen molar-refractivity contribution in [3.8, 4) is 0 Å². The summed E-state index contributed by atoms with van der Waals surface area (Å²) in [5.74, 6) is -0.0958. The molecule has 2 rings (SSSR count). The van der Waals surface area contributed by atoms with Gasteiger partial charge in [-0.15, -0.1) is 11.3 Å². The first-order chi connectivity index (χ1) is 8.54. The Balaban J connectivity index is 2.05. The fraction of sp³-hybridized carbons (Fsp3) is 0.167. The predicted molar refractivity (Wildman–Crippen MR) is 77.7 cm³/mol. The lowest BCUT2D eigenvalue weighted by atomic mass is 10.2. The SMILES string of the molecule is Cc1ccc(Br)cc1NC(=O)Cc1csc(N)n1. The molecule has 2 aromatic rings. The van der Waals surface area contributed by atoms with Crippen LogP contribution in [0.2, 0.25) is 0 Å². The van der Waals surface area contributed by atoms with Gasteiger partial charge in [-0.05, 0) is 24.6 Å². The van der Waals surface area contributed by atoms with Gasteiger partial charge in [-0.25, -0.2) is 4.98 Å². The van der Waals surface area contributed by atoms with E-state index < -0.39 is 0 Å². The quantitative estimate of drug-likeness (QED) is 0.911. The molecule has 1 heterocycles. The summed E-state index contributed by atoms with van der Waals surface area (Å²) in [5, 5.41) is 5.14. The van der Waals surface area contributed by atoms with Crippen LogP contribution in [0.4, 0.5) is 10.8 Å². The van der Waals surface area contributed by atoms with Crippen LogP contribution < -0.4 is 11.1 Å². The van der Waals surface area contributed by atoms with Gasteiger partial charge >= 0.3 is 0 Å². The Labute approximate surface area is 117 Å². The number of hydrogen-bond acceptors (Lipinski definition) is 4. The number of nitrogens with two attached hydrogens (primary N) is 1. The number of amides is 1. The summed E-state index contributed by atoms with van der Waals surface area (Å²) >= 11 is 4.72. The number of nitrogen functional groups attached to an aromatic ring is 1. The fourth-order valence-corrected chi connectivity index (χ4v) is 2.42. The summed E-state index contributed by atoms with van der Waals surface area (Å²) in [5.41, 5.74) is 8.04. The maximum Gasteiger partial charge on any atom is 0.230 e. The second-order valence-corrected chi connectivity index (χ2v) is 5.67. The van der Waals surface area contributed by atoms with Crippen LogP contribution in [0.25, 0.3) is 0 Å². The third-order valence-electron chi connectivity index (χ3n) is 2.38. The third-order valence-corrected chi connectivity index (χ3v) is 3.60. The molecule has 3 N–H and O–H groups in total. The van der Waals surface area contributed by atoms with Crippen LogP contribution in [0.5, 0.6) is 0 Å². The summed E-state index contributed by atoms with van der Waals surface area (Å²) in [7, 11) is 0. The molecule has 0 saturated carbocycles. The van der Waals surface area contributed by atoms with Gasteiger partial charge in [-0.3, -0.25) is 4.79 Å². The second-order valence-electron chi connectivity index (χ2n) is 3.86. The number of thiazole rings is 1. The molecule has 0 saturated heterocycles. The molecule has 6 heteroatoms. The Bertz CT molecular complexity index is 582. The van der Waals surface area contributed by atoms with Gasteiger partial charge in [-0.1, -0.05) is 22.0 Å². The average molecular weight is 326 g/mol. The van der Waals surface area contributed by atoms with E-state index in [1.165, 1.54) is 11.3 Å². The van der Waals surface area contributed by atoms with E-state index in [9.17, 15) is 4.79 Å². The number of aryl methyl sites for hydroxylation is 1. The van der Waals surface area contributed by atoms with Crippen LogP contribution in [0.3, 0.4) is 0 Å². The highest BCUT2D eigenvalue weighted by molar-refractivity contribution is 9.10. The predicted octanol–water partition coefficient (Wildman–Crippen LogP) is 2.98. The number of carbonyl (C=O) groups is 1. The molecule has 0 fully saturated rings. The van der Waals surface area contributed by atoms with Crippen molar-refractivity contribution in [2.75, 3.05) is 11.1 Å². The molecule has 1 aromatic carbocycles. The molecule has 0 atom stereocenters. The van der Waals surface area contributed by atoms with Crippen molar-refractivity contribution in [1.29, 1.82) is 0 Å². The Morgan fingerprint density at radius 3 is 3.00 bits per heavy atom. The van der Waals surface area contributed by atoms with Crippen molar-refractivity contribution in [3.05, 3.63) is 39.3 Å². The maximum absolute atomic E-state index is 11.9. The van der Waals surface area contributed by atoms with Gasteiger partial charge in [0.05, 0.1) is 12.1 Å². The molecule has 1 aromatic heterocycles. The van der Waals surface area contributed by atoms with E-state index in [-0.39, 0.29) is 12.3 Å². The van der Waals surface area contributed by atoms with E-state index in [4.69, 9.17) is 5.73 Å². The zero-order valence-corrected chi connectivity index (χ0v) is 12.1. The van der Waals surface area contributed by atoms with Gasteiger partial charge < -0.3 is 11.1 Å². The lowest BCUT2D eigenvalue weighted by Gasteiger charge is -2.08. The first kappa shape index (κ1) is 13.0. The molecule has 0 radical (unpaired) electrons. The van der Waals surface area contributed by atoms with Crippen LogP contribution in [0, 0.1) is 6.92 Å². The van der Waals surface area contributed by atoms with Gasteiger partial charge in [0.1, 0.15) is 0 Å². The van der Waals surface area contributed by atoms with E-state index in [0.29, 0.717) is 10.8 Å². The van der Waals surface area contributed by atoms with Crippen LogP contribution in [-0.4, -0.2) is 10.9 Å². The molecular formula is C12H12BrN3OS. The van der Waals surface area contributed by atoms with Gasteiger partial charge in [0.2, 0.25) is 5.91 Å². The highest BCUT2D eigenvalue weighted by atomic mass is 79.9. The Morgan fingerprint density at radius 2 is 2.33 bits per heavy atom. The molecule has 0 aliphatic rings. The Hall–Kier alpha value is -1.40. The number of benzene rings is 1. The molecule has 94 valence electrons. The minimum atomic E-state index is -0.0958. The van der Waals surface area contributed by atoms with E-state index in [1.54, 1.807) is 5.38 Å². The van der Waals surface area contributed by atoms with Crippen LogP contribution in [0.1, 0.15) is 11.3 Å². The number of carbonyl (C=O) groups excluding carboxylic acids is 1. The highest BCUT2D eigenvalue weighted by Gasteiger charge is 2.08. The number of aromatic nitrogens is 1. The normalized spacial score (nSPS) is 10.3. The zero-order chi connectivity index (χ0) is 13.1. The first-order valence-corrected chi connectivity index (χ1v) is 6.98. The number of nitrogens with zero attached hydrogens (tertiary/aromatic N) is 1. The molecule has 0 bridgehead atoms. The number of halogens is 1. The largest absolute Gasteiger partial charge is 0.375 e. The van der Waals surface area contributed by atoms with E-state index in [2.05, 4.69) is 26.2 Å². The van der Waals surface area contributed by atoms with Crippen molar-refractivity contribution >= 4 is 44.0 Å². The Kier molecular flexibility index (Phi) is 3.98. The van der Waals surface area contributed by atoms with Crippen LogP contribution >= 0.6 is 27.3 Å². The standard InChI is InChI=1S/C12H12BrN3OS/c1-7-2-3-8(13)4-10(7)16-11(17)5-9-6-18-12(14)15-9/h2-4,6H,5H2,1H3,(H2,14,15)(H,16,17). The summed E-state index contributed by atoms with van der Waals surface area (Å²) in [4.78, 5) is 15.9. The van der Waals surface area contributed by atoms with E-state index >= 15 is 0 Å². The molecule has 0 aliphatic heterocycles. The summed E-state index contributed by atoms with van der Waals surface area (Å²) < 4.78 is 0.932. The van der Waals surface area contributed by atoms with Crippen molar-refractivity contribution < 1.29 is 4.79 Å². The molecular weight excluding hydrogens is 314 g/mol. The topological polar surface area (TPSA) is 68.0 Å². The van der Waals surface area contributed by atoms with Crippen molar-refractivity contribution in [2.45, 2.75) is 13.3 Å². The molecule has 0 unspecified atom stereocenters. The number of nitrogens with one attached hydrogen (secondary N) is 1. The minimum Gasteiger partial charge on any atom is -0.375 e. The van der Waals surface area contributed by atoms with Gasteiger partial charge in [0, 0.05) is 15.5 Å². The van der Waals surface area contributed by atoms with E-state index in [0.717, 1.165) is 15.7 Å². The lowest BCUT2D eigenvalue weighted by Crippen LogP contribution is -2.15. The number of anilines is 2. The van der Waals surface area contributed by atoms with Crippen molar-refractivity contribution in [1.82, 2.24) is 4.98 Å². The molecule has 1 amide bonds. The summed E-state index contributed by atoms with van der Waals surface area (Å²) in [6, 6.07) is 5.76. The maximum atomic E-state index is 11.9. The molecule has 4 nitrogen and oxygen atoms in total. The van der Waals surface area contributed by atoms with Gasteiger partial charge in [-0.2, -0.15) is 0 Å². The second kappa shape index (κ2) is 5.49. The molecule has 0 spiro atoms. The smallest absolute Gasteiger partial charge is 0.230 e. The monoisotopic (exact) mass is 325 g/mol. The highest BCUT2D eigenvalue weighted by Crippen LogP contribution is 2.21. The van der Waals surface area contributed by atoms with E-state index in [1.807, 2.05) is 25.1 Å². The fourth-order valence-electron chi connectivity index (χ4n) is 1.49. The van der Waals surface area contributed by atoms with Crippen molar-refractivity contribution in [3.63, 3.8) is 0 Å². The van der Waals surface area contributed by atoms with Gasteiger partial charge in [0.15, 0.2) is 5.13 Å². The summed E-state index contributed by atoms with van der Waals surface area (Å²) in [6.07, 6.45) is 0.236. The molecule has 0 aliphatic carbocycles. The minimum absolute atomic E-state index is 0.0958. The number of hydrogen-bond donors (Lipinski definition) is 2. The lowest BCUT2D eigenvalue weighted by molar-refractivity contribution is -0.115. The number of rotatable bonds is 3. The Morgan fingerprint density at radius 1 is 1.56 bits per heavy atom. The van der Waals surface area contributed by atoms with Crippen molar-refractivity contribution in [2.24, 2.45) is 0 Å².